The smallest absolute Gasteiger partial charge is 0.428 e. The van der Waals surface area contributed by atoms with Gasteiger partial charge in [0, 0.05) is 24.5 Å². The summed E-state index contributed by atoms with van der Waals surface area (Å²) in [6.45, 7) is 1.60. The van der Waals surface area contributed by atoms with Crippen LogP contribution in [0.15, 0.2) is 65.9 Å². The number of ether oxygens (including phenoxy) is 1. The van der Waals surface area contributed by atoms with E-state index in [9.17, 15) is 27.2 Å². The van der Waals surface area contributed by atoms with Crippen LogP contribution in [0.1, 0.15) is 33.3 Å². The fourth-order valence-corrected chi connectivity index (χ4v) is 2.78. The number of halogens is 4. The summed E-state index contributed by atoms with van der Waals surface area (Å²) in [5, 5.41) is 10.6. The van der Waals surface area contributed by atoms with Gasteiger partial charge in [0.2, 0.25) is 0 Å². The van der Waals surface area contributed by atoms with Gasteiger partial charge in [-0.2, -0.15) is 27.8 Å². The molecule has 0 aliphatic carbocycles. The number of aromatic nitrogens is 2. The molecular formula is C22H19F4N5O3. The first-order valence-corrected chi connectivity index (χ1v) is 9.76. The van der Waals surface area contributed by atoms with E-state index in [2.05, 4.69) is 25.7 Å². The Hall–Kier alpha value is -4.22. The Morgan fingerprint density at radius 2 is 1.76 bits per heavy atom. The highest BCUT2D eigenvalue weighted by Gasteiger charge is 2.44. The van der Waals surface area contributed by atoms with E-state index in [0.717, 1.165) is 12.1 Å². The van der Waals surface area contributed by atoms with Crippen LogP contribution in [0, 0.1) is 0 Å². The molecule has 12 heteroatoms. The van der Waals surface area contributed by atoms with Gasteiger partial charge in [-0.15, -0.1) is 0 Å². The number of nitrogens with zero attached hydrogens (tertiary/aromatic N) is 3. The molecule has 0 atom stereocenters. The molecule has 34 heavy (non-hydrogen) atoms. The maximum absolute atomic E-state index is 13.1. The molecule has 2 aromatic carbocycles. The average molecular weight is 477 g/mol. The molecule has 1 aromatic heterocycles. The largest absolute Gasteiger partial charge is 0.461 e. The summed E-state index contributed by atoms with van der Waals surface area (Å²) in [4.78, 5) is 24.7. The van der Waals surface area contributed by atoms with Crippen LogP contribution in [0.3, 0.4) is 0 Å². The van der Waals surface area contributed by atoms with Crippen molar-refractivity contribution in [2.24, 2.45) is 12.1 Å². The number of alkyl halides is 4. The van der Waals surface area contributed by atoms with Crippen LogP contribution >= 0.6 is 0 Å². The number of carbonyl (C=O) groups is 2. The molecule has 2 amide bonds. The molecule has 0 unspecified atom stereocenters. The Balaban J connectivity index is 1.68. The fourth-order valence-electron chi connectivity index (χ4n) is 2.78. The minimum atomic E-state index is -4.69. The summed E-state index contributed by atoms with van der Waals surface area (Å²) in [6, 6.07) is 12.7. The third-order valence-corrected chi connectivity index (χ3v) is 4.52. The van der Waals surface area contributed by atoms with Crippen LogP contribution in [-0.2, 0) is 7.05 Å². The molecule has 1 heterocycles. The van der Waals surface area contributed by atoms with Gasteiger partial charge in [0.1, 0.15) is 11.4 Å². The normalized spacial score (nSPS) is 11.9. The van der Waals surface area contributed by atoms with Gasteiger partial charge in [0.05, 0.1) is 5.71 Å². The van der Waals surface area contributed by atoms with Crippen molar-refractivity contribution < 1.29 is 31.9 Å². The summed E-state index contributed by atoms with van der Waals surface area (Å²) in [5.74, 6) is -1.74. The Bertz CT molecular complexity index is 1230. The van der Waals surface area contributed by atoms with Crippen LogP contribution in [0.4, 0.5) is 23.2 Å². The highest BCUT2D eigenvalue weighted by atomic mass is 19.3. The van der Waals surface area contributed by atoms with E-state index in [4.69, 9.17) is 0 Å². The predicted octanol–water partition coefficient (Wildman–Crippen LogP) is 4.06. The van der Waals surface area contributed by atoms with Crippen molar-refractivity contribution >= 4 is 23.2 Å². The number of hydrogen-bond acceptors (Lipinski definition) is 5. The average Bonchev–Trinajstić information content (AvgIpc) is 3.23. The lowest BCUT2D eigenvalue weighted by atomic mass is 10.1. The Labute approximate surface area is 191 Å². The number of anilines is 1. The number of nitrogens with one attached hydrogen (secondary N) is 2. The topological polar surface area (TPSA) is 97.6 Å². The summed E-state index contributed by atoms with van der Waals surface area (Å²) >= 11 is 0. The van der Waals surface area contributed by atoms with Gasteiger partial charge >= 0.3 is 12.5 Å². The first kappa shape index (κ1) is 24.4. The molecule has 0 saturated carbocycles. The third-order valence-electron chi connectivity index (χ3n) is 4.52. The molecule has 0 spiro atoms. The van der Waals surface area contributed by atoms with Crippen molar-refractivity contribution in [3.8, 4) is 5.75 Å². The van der Waals surface area contributed by atoms with E-state index in [0.29, 0.717) is 22.7 Å². The number of carbonyl (C=O) groups excluding carboxylic acids is 2. The summed E-state index contributed by atoms with van der Waals surface area (Å²) < 4.78 is 56.2. The molecule has 2 N–H and O–H groups in total. The highest BCUT2D eigenvalue weighted by molar-refractivity contribution is 6.05. The molecule has 8 nitrogen and oxygen atoms in total. The van der Waals surface area contributed by atoms with E-state index in [1.54, 1.807) is 44.3 Å². The second-order valence-corrected chi connectivity index (χ2v) is 7.01. The lowest BCUT2D eigenvalue weighted by Crippen LogP contribution is -2.33. The summed E-state index contributed by atoms with van der Waals surface area (Å²) in [6.07, 6.45) is -7.22. The molecular weight excluding hydrogens is 458 g/mol. The SMILES string of the molecule is C/C(=N\NC(=O)c1cccc(OC(F)(F)C(F)F)c1)c1cccc(NC(=O)c2ccnn2C)c1. The molecule has 0 aliphatic rings. The van der Waals surface area contributed by atoms with Crippen LogP contribution in [0.25, 0.3) is 0 Å². The highest BCUT2D eigenvalue weighted by Crippen LogP contribution is 2.27. The number of aryl methyl sites for hydroxylation is 1. The molecule has 3 rings (SSSR count). The minimum absolute atomic E-state index is 0.128. The molecule has 0 saturated heterocycles. The van der Waals surface area contributed by atoms with Gasteiger partial charge in [0.25, 0.3) is 11.8 Å². The molecule has 0 fully saturated rings. The first-order valence-electron chi connectivity index (χ1n) is 9.76. The number of rotatable bonds is 8. The van der Waals surface area contributed by atoms with Crippen molar-refractivity contribution in [3.05, 3.63) is 77.6 Å². The van der Waals surface area contributed by atoms with Gasteiger partial charge in [-0.3, -0.25) is 14.3 Å². The molecule has 0 radical (unpaired) electrons. The van der Waals surface area contributed by atoms with Gasteiger partial charge in [-0.05, 0) is 48.9 Å². The molecule has 0 bridgehead atoms. The van der Waals surface area contributed by atoms with E-state index in [-0.39, 0.29) is 11.5 Å². The lowest BCUT2D eigenvalue weighted by molar-refractivity contribution is -0.253. The standard InChI is InChI=1S/C22H19F4N5O3/c1-13(14-5-3-7-16(11-14)28-20(33)18-9-10-27-31(18)2)29-30-19(32)15-6-4-8-17(12-15)34-22(25,26)21(23)24/h3-12,21H,1-2H3,(H,28,33)(H,30,32)/b29-13+. The minimum Gasteiger partial charge on any atom is -0.428 e. The van der Waals surface area contributed by atoms with Crippen molar-refractivity contribution in [2.75, 3.05) is 5.32 Å². The zero-order chi connectivity index (χ0) is 24.9. The second-order valence-electron chi connectivity index (χ2n) is 7.01. The van der Waals surface area contributed by atoms with Crippen molar-refractivity contribution in [3.63, 3.8) is 0 Å². The van der Waals surface area contributed by atoms with Crippen LogP contribution < -0.4 is 15.5 Å². The Morgan fingerprint density at radius 1 is 1.06 bits per heavy atom. The maximum Gasteiger partial charge on any atom is 0.461 e. The number of hydrogen-bond donors (Lipinski definition) is 2. The van der Waals surface area contributed by atoms with Crippen LogP contribution in [0.5, 0.6) is 5.75 Å². The molecule has 3 aromatic rings. The Morgan fingerprint density at radius 3 is 2.44 bits per heavy atom. The van der Waals surface area contributed by atoms with Crippen LogP contribution in [-0.4, -0.2) is 39.8 Å². The lowest BCUT2D eigenvalue weighted by Gasteiger charge is -2.17. The van der Waals surface area contributed by atoms with E-state index in [1.807, 2.05) is 0 Å². The van der Waals surface area contributed by atoms with E-state index >= 15 is 0 Å². The quantitative estimate of drug-likeness (QED) is 0.291. The van der Waals surface area contributed by atoms with Crippen LogP contribution in [0.2, 0.25) is 0 Å². The van der Waals surface area contributed by atoms with E-state index in [1.165, 1.54) is 23.0 Å². The zero-order valence-corrected chi connectivity index (χ0v) is 17.9. The Kier molecular flexibility index (Phi) is 7.29. The second kappa shape index (κ2) is 10.1. The predicted molar refractivity (Wildman–Crippen MR) is 115 cm³/mol. The molecule has 178 valence electrons. The maximum atomic E-state index is 13.1. The van der Waals surface area contributed by atoms with Crippen molar-refractivity contribution in [1.29, 1.82) is 0 Å². The number of hydrazone groups is 1. The van der Waals surface area contributed by atoms with Crippen molar-refractivity contribution in [2.45, 2.75) is 19.5 Å². The molecule has 0 aliphatic heterocycles. The fraction of sp³-hybridized carbons (Fsp3) is 0.182. The number of amides is 2. The van der Waals surface area contributed by atoms with Crippen molar-refractivity contribution in [1.82, 2.24) is 15.2 Å². The third kappa shape index (κ3) is 5.97. The first-order chi connectivity index (χ1) is 16.1. The van der Waals surface area contributed by atoms with E-state index < -0.39 is 24.2 Å². The summed E-state index contributed by atoms with van der Waals surface area (Å²) in [5.41, 5.74) is 3.93. The van der Waals surface area contributed by atoms with Gasteiger partial charge in [-0.1, -0.05) is 18.2 Å². The summed E-state index contributed by atoms with van der Waals surface area (Å²) in [7, 11) is 1.64. The zero-order valence-electron chi connectivity index (χ0n) is 17.9. The number of benzene rings is 2. The van der Waals surface area contributed by atoms with Gasteiger partial charge in [0.15, 0.2) is 0 Å². The van der Waals surface area contributed by atoms with Gasteiger partial charge in [-0.25, -0.2) is 5.43 Å². The monoisotopic (exact) mass is 477 g/mol. The van der Waals surface area contributed by atoms with Gasteiger partial charge < -0.3 is 10.1 Å².